The minimum atomic E-state index is -5.08. The Kier molecular flexibility index (Phi) is 4.85. The van der Waals surface area contributed by atoms with Crippen LogP contribution in [0.4, 0.5) is 22.0 Å². The summed E-state index contributed by atoms with van der Waals surface area (Å²) in [4.78, 5) is 14.6. The van der Waals surface area contributed by atoms with Gasteiger partial charge in [0.25, 0.3) is 6.43 Å². The van der Waals surface area contributed by atoms with Crippen LogP contribution in [0.1, 0.15) is 35.0 Å². The molecular formula is C11H10F5NO3. The molecule has 4 nitrogen and oxygen atoms in total. The van der Waals surface area contributed by atoms with Crippen LogP contribution in [0.2, 0.25) is 0 Å². The van der Waals surface area contributed by atoms with E-state index in [4.69, 9.17) is 0 Å². The molecule has 1 aromatic heterocycles. The van der Waals surface area contributed by atoms with Gasteiger partial charge >= 0.3 is 12.1 Å². The summed E-state index contributed by atoms with van der Waals surface area (Å²) in [5, 5.41) is 0. The van der Waals surface area contributed by atoms with Gasteiger partial charge in [-0.2, -0.15) is 13.2 Å². The Balaban J connectivity index is 3.50. The van der Waals surface area contributed by atoms with Crippen molar-refractivity contribution < 1.29 is 36.2 Å². The monoisotopic (exact) mass is 299 g/mol. The molecule has 1 heterocycles. The second-order valence-corrected chi connectivity index (χ2v) is 3.50. The smallest absolute Gasteiger partial charge is 0.418 e. The minimum absolute atomic E-state index is 0.0973. The maximum atomic E-state index is 12.7. The van der Waals surface area contributed by atoms with Crippen molar-refractivity contribution in [3.63, 3.8) is 0 Å². The Bertz CT molecular complexity index is 502. The third-order valence-electron chi connectivity index (χ3n) is 2.22. The molecule has 0 saturated heterocycles. The predicted octanol–water partition coefficient (Wildman–Crippen LogP) is 3.22. The van der Waals surface area contributed by atoms with Crippen molar-refractivity contribution in [1.82, 2.24) is 4.98 Å². The molecule has 0 saturated carbocycles. The van der Waals surface area contributed by atoms with E-state index in [-0.39, 0.29) is 12.7 Å². The van der Waals surface area contributed by atoms with E-state index in [9.17, 15) is 26.7 Å². The minimum Gasteiger partial charge on any atom is -0.480 e. The first-order valence-corrected chi connectivity index (χ1v) is 5.33. The van der Waals surface area contributed by atoms with E-state index in [0.717, 1.165) is 7.11 Å². The van der Waals surface area contributed by atoms with E-state index in [2.05, 4.69) is 14.5 Å². The summed E-state index contributed by atoms with van der Waals surface area (Å²) in [6, 6.07) is 0.255. The molecule has 1 rings (SSSR count). The van der Waals surface area contributed by atoms with Gasteiger partial charge in [-0.3, -0.25) is 0 Å². The predicted molar refractivity (Wildman–Crippen MR) is 56.7 cm³/mol. The van der Waals surface area contributed by atoms with Crippen LogP contribution in [0.25, 0.3) is 0 Å². The van der Waals surface area contributed by atoms with Crippen molar-refractivity contribution >= 4 is 5.97 Å². The zero-order valence-corrected chi connectivity index (χ0v) is 10.4. The number of carbonyl (C=O) groups excluding carboxylic acids is 1. The molecule has 0 aliphatic carbocycles. The number of pyridine rings is 1. The van der Waals surface area contributed by atoms with Crippen molar-refractivity contribution in [3.05, 3.63) is 22.9 Å². The molecule has 0 N–H and O–H groups in total. The van der Waals surface area contributed by atoms with Crippen LogP contribution in [0.5, 0.6) is 5.88 Å². The van der Waals surface area contributed by atoms with E-state index in [1.54, 1.807) is 0 Å². The van der Waals surface area contributed by atoms with Crippen LogP contribution in [0, 0.1) is 0 Å². The number of ether oxygens (including phenoxy) is 2. The first-order chi connectivity index (χ1) is 9.22. The van der Waals surface area contributed by atoms with E-state index >= 15 is 0 Å². The van der Waals surface area contributed by atoms with Gasteiger partial charge in [0.05, 0.1) is 19.3 Å². The Morgan fingerprint density at radius 1 is 1.40 bits per heavy atom. The van der Waals surface area contributed by atoms with Crippen molar-refractivity contribution in [2.45, 2.75) is 19.5 Å². The zero-order valence-electron chi connectivity index (χ0n) is 10.4. The Hall–Kier alpha value is -1.93. The van der Waals surface area contributed by atoms with Crippen LogP contribution in [-0.4, -0.2) is 24.7 Å². The lowest BCUT2D eigenvalue weighted by atomic mass is 10.1. The van der Waals surface area contributed by atoms with E-state index in [1.807, 2.05) is 0 Å². The SMILES string of the molecule is CCOC(=O)c1cc(C(F)(F)F)c(C(F)F)nc1OC. The zero-order chi connectivity index (χ0) is 15.5. The summed E-state index contributed by atoms with van der Waals surface area (Å²) in [6.07, 6.45) is -8.54. The highest BCUT2D eigenvalue weighted by atomic mass is 19.4. The van der Waals surface area contributed by atoms with Crippen LogP contribution >= 0.6 is 0 Å². The Morgan fingerprint density at radius 2 is 2.00 bits per heavy atom. The average molecular weight is 299 g/mol. The second-order valence-electron chi connectivity index (χ2n) is 3.50. The number of hydrogen-bond acceptors (Lipinski definition) is 4. The molecule has 112 valence electrons. The summed E-state index contributed by atoms with van der Waals surface area (Å²) in [6.45, 7) is 1.34. The summed E-state index contributed by atoms with van der Waals surface area (Å²) in [7, 11) is 0.994. The number of methoxy groups -OCH3 is 1. The van der Waals surface area contributed by atoms with Gasteiger partial charge in [-0.25, -0.2) is 18.6 Å². The Labute approximate surface area is 110 Å². The largest absolute Gasteiger partial charge is 0.480 e. The average Bonchev–Trinajstić information content (AvgIpc) is 2.36. The van der Waals surface area contributed by atoms with Gasteiger partial charge in [0.2, 0.25) is 5.88 Å². The molecule has 20 heavy (non-hydrogen) atoms. The molecule has 0 aromatic carbocycles. The molecule has 0 radical (unpaired) electrons. The highest BCUT2D eigenvalue weighted by Gasteiger charge is 2.39. The number of alkyl halides is 5. The van der Waals surface area contributed by atoms with Gasteiger partial charge in [-0.1, -0.05) is 0 Å². The third kappa shape index (κ3) is 3.34. The van der Waals surface area contributed by atoms with Crippen LogP contribution < -0.4 is 4.74 Å². The third-order valence-corrected chi connectivity index (χ3v) is 2.22. The van der Waals surface area contributed by atoms with Crippen molar-refractivity contribution in [2.24, 2.45) is 0 Å². The number of esters is 1. The van der Waals surface area contributed by atoms with Crippen LogP contribution in [-0.2, 0) is 10.9 Å². The van der Waals surface area contributed by atoms with Crippen molar-refractivity contribution in [2.75, 3.05) is 13.7 Å². The number of halogens is 5. The number of rotatable bonds is 4. The van der Waals surface area contributed by atoms with Gasteiger partial charge in [0.15, 0.2) is 0 Å². The summed E-state index contributed by atoms with van der Waals surface area (Å²) < 4.78 is 72.4. The van der Waals surface area contributed by atoms with E-state index < -0.39 is 41.3 Å². The molecule has 0 amide bonds. The number of hydrogen-bond donors (Lipinski definition) is 0. The summed E-state index contributed by atoms with van der Waals surface area (Å²) in [5.74, 6) is -1.78. The van der Waals surface area contributed by atoms with Gasteiger partial charge in [0.1, 0.15) is 11.3 Å². The molecule has 9 heteroatoms. The maximum Gasteiger partial charge on any atom is 0.418 e. The molecule has 1 aromatic rings. The second kappa shape index (κ2) is 6.02. The normalized spacial score (nSPS) is 11.6. The molecule has 0 unspecified atom stereocenters. The highest BCUT2D eigenvalue weighted by molar-refractivity contribution is 5.92. The van der Waals surface area contributed by atoms with Gasteiger partial charge in [-0.15, -0.1) is 0 Å². The van der Waals surface area contributed by atoms with E-state index in [1.165, 1.54) is 6.92 Å². The van der Waals surface area contributed by atoms with E-state index in [0.29, 0.717) is 0 Å². The fourth-order valence-corrected chi connectivity index (χ4v) is 1.41. The molecule has 0 fully saturated rings. The molecule has 0 atom stereocenters. The topological polar surface area (TPSA) is 48.4 Å². The van der Waals surface area contributed by atoms with Crippen LogP contribution in [0.3, 0.4) is 0 Å². The number of nitrogens with zero attached hydrogens (tertiary/aromatic N) is 1. The molecule has 0 aliphatic heterocycles. The summed E-state index contributed by atoms with van der Waals surface area (Å²) in [5.41, 5.74) is -3.86. The molecule has 0 bridgehead atoms. The lowest BCUT2D eigenvalue weighted by Gasteiger charge is -2.15. The van der Waals surface area contributed by atoms with Gasteiger partial charge < -0.3 is 9.47 Å². The fraction of sp³-hybridized carbons (Fsp3) is 0.455. The molecule has 0 spiro atoms. The Morgan fingerprint density at radius 3 is 2.40 bits per heavy atom. The van der Waals surface area contributed by atoms with Crippen molar-refractivity contribution in [1.29, 1.82) is 0 Å². The van der Waals surface area contributed by atoms with Crippen LogP contribution in [0.15, 0.2) is 6.07 Å². The first kappa shape index (κ1) is 16.1. The quantitative estimate of drug-likeness (QED) is 0.632. The van der Waals surface area contributed by atoms with Crippen molar-refractivity contribution in [3.8, 4) is 5.88 Å². The number of aromatic nitrogens is 1. The maximum absolute atomic E-state index is 12.7. The van der Waals surface area contributed by atoms with Gasteiger partial charge in [0, 0.05) is 0 Å². The van der Waals surface area contributed by atoms with Gasteiger partial charge in [-0.05, 0) is 13.0 Å². The summed E-state index contributed by atoms with van der Waals surface area (Å²) >= 11 is 0. The lowest BCUT2D eigenvalue weighted by molar-refractivity contribution is -0.140. The number of carbonyl (C=O) groups is 1. The lowest BCUT2D eigenvalue weighted by Crippen LogP contribution is -2.16. The first-order valence-electron chi connectivity index (χ1n) is 5.33. The standard InChI is InChI=1S/C11H10F5NO3/c1-3-20-10(18)5-4-6(11(14,15)16)7(8(12)13)17-9(5)19-2/h4,8H,3H2,1-2H3. The highest BCUT2D eigenvalue weighted by Crippen LogP contribution is 2.38. The fourth-order valence-electron chi connectivity index (χ4n) is 1.41. The molecular weight excluding hydrogens is 289 g/mol. The molecule has 0 aliphatic rings.